The highest BCUT2D eigenvalue weighted by Gasteiger charge is 2.24. The summed E-state index contributed by atoms with van der Waals surface area (Å²) in [6.07, 6.45) is 1.71. The van der Waals surface area contributed by atoms with Gasteiger partial charge >= 0.3 is 0 Å². The summed E-state index contributed by atoms with van der Waals surface area (Å²) in [5, 5.41) is 3.98. The second-order valence-corrected chi connectivity index (χ2v) is 8.05. The van der Waals surface area contributed by atoms with Gasteiger partial charge in [-0.3, -0.25) is 4.79 Å². The Morgan fingerprint density at radius 3 is 2.70 bits per heavy atom. The Labute approximate surface area is 173 Å². The highest BCUT2D eigenvalue weighted by molar-refractivity contribution is 9.10. The molecular weight excluding hydrogens is 448 g/mol. The predicted octanol–water partition coefficient (Wildman–Crippen LogP) is 6.25. The lowest BCUT2D eigenvalue weighted by Gasteiger charge is -1.97. The standard InChI is InChI=1S/C20H12BrClN2O2S/c21-13-2-1-3-15(10-13)23-20-24-19(25)18(27-20)11-16-8-9-17(26-16)12-4-6-14(22)7-5-12/h1-11H,(H,23,24,25)/b18-11-. The van der Waals surface area contributed by atoms with Gasteiger partial charge in [-0.15, -0.1) is 0 Å². The number of amidine groups is 1. The van der Waals surface area contributed by atoms with Crippen molar-refractivity contribution >= 4 is 62.1 Å². The van der Waals surface area contributed by atoms with E-state index in [0.717, 1.165) is 15.7 Å². The summed E-state index contributed by atoms with van der Waals surface area (Å²) in [5.74, 6) is 1.12. The van der Waals surface area contributed by atoms with Gasteiger partial charge in [0, 0.05) is 21.1 Å². The monoisotopic (exact) mass is 458 g/mol. The fourth-order valence-corrected chi connectivity index (χ4v) is 3.81. The van der Waals surface area contributed by atoms with Crippen LogP contribution in [0.15, 0.2) is 79.5 Å². The molecule has 0 bridgehead atoms. The quantitative estimate of drug-likeness (QED) is 0.471. The van der Waals surface area contributed by atoms with E-state index in [1.165, 1.54) is 11.8 Å². The first-order valence-corrected chi connectivity index (χ1v) is 9.96. The molecule has 0 radical (unpaired) electrons. The topological polar surface area (TPSA) is 54.6 Å². The number of aliphatic imine (C=N–C) groups is 1. The molecule has 7 heteroatoms. The second-order valence-electron chi connectivity index (χ2n) is 5.67. The smallest absolute Gasteiger partial charge is 0.264 e. The van der Waals surface area contributed by atoms with Gasteiger partial charge in [0.25, 0.3) is 5.91 Å². The Balaban J connectivity index is 1.54. The maximum atomic E-state index is 12.2. The summed E-state index contributed by atoms with van der Waals surface area (Å²) in [5.41, 5.74) is 1.68. The zero-order valence-corrected chi connectivity index (χ0v) is 16.9. The van der Waals surface area contributed by atoms with Crippen molar-refractivity contribution in [1.29, 1.82) is 0 Å². The first-order chi connectivity index (χ1) is 13.1. The molecule has 2 aromatic carbocycles. The van der Waals surface area contributed by atoms with Crippen LogP contribution in [-0.2, 0) is 4.79 Å². The van der Waals surface area contributed by atoms with Crippen molar-refractivity contribution in [1.82, 2.24) is 5.32 Å². The van der Waals surface area contributed by atoms with E-state index in [4.69, 9.17) is 16.0 Å². The van der Waals surface area contributed by atoms with Crippen LogP contribution < -0.4 is 5.32 Å². The number of nitrogens with zero attached hydrogens (tertiary/aromatic N) is 1. The summed E-state index contributed by atoms with van der Waals surface area (Å²) < 4.78 is 6.76. The number of halogens is 2. The van der Waals surface area contributed by atoms with Gasteiger partial charge in [0.15, 0.2) is 5.17 Å². The van der Waals surface area contributed by atoms with Crippen LogP contribution in [0.2, 0.25) is 5.02 Å². The van der Waals surface area contributed by atoms with Gasteiger partial charge in [0.1, 0.15) is 11.5 Å². The average Bonchev–Trinajstić information content (AvgIpc) is 3.23. The number of carbonyl (C=O) groups excluding carboxylic acids is 1. The van der Waals surface area contributed by atoms with Crippen LogP contribution in [0.5, 0.6) is 0 Å². The average molecular weight is 460 g/mol. The first kappa shape index (κ1) is 18.1. The fourth-order valence-electron chi connectivity index (χ4n) is 2.47. The number of carbonyl (C=O) groups is 1. The summed E-state index contributed by atoms with van der Waals surface area (Å²) in [7, 11) is 0. The van der Waals surface area contributed by atoms with Gasteiger partial charge in [-0.1, -0.05) is 33.6 Å². The van der Waals surface area contributed by atoms with Crippen LogP contribution in [0, 0.1) is 0 Å². The molecule has 2 heterocycles. The Kier molecular flexibility index (Phi) is 5.20. The molecule has 0 spiro atoms. The van der Waals surface area contributed by atoms with Crippen LogP contribution in [0.4, 0.5) is 5.69 Å². The molecule has 3 aromatic rings. The highest BCUT2D eigenvalue weighted by atomic mass is 79.9. The summed E-state index contributed by atoms with van der Waals surface area (Å²) >= 11 is 10.6. The number of nitrogens with one attached hydrogen (secondary N) is 1. The number of hydrogen-bond donors (Lipinski definition) is 1. The Morgan fingerprint density at radius 2 is 1.93 bits per heavy atom. The maximum absolute atomic E-state index is 12.2. The molecule has 4 nitrogen and oxygen atoms in total. The number of hydrogen-bond acceptors (Lipinski definition) is 4. The van der Waals surface area contributed by atoms with E-state index in [0.29, 0.717) is 26.6 Å². The number of rotatable bonds is 3. The van der Waals surface area contributed by atoms with Crippen LogP contribution in [0.25, 0.3) is 17.4 Å². The van der Waals surface area contributed by atoms with E-state index in [-0.39, 0.29) is 5.91 Å². The maximum Gasteiger partial charge on any atom is 0.264 e. The minimum Gasteiger partial charge on any atom is -0.457 e. The van der Waals surface area contributed by atoms with Gasteiger partial charge in [-0.2, -0.15) is 0 Å². The van der Waals surface area contributed by atoms with Gasteiger partial charge in [0.2, 0.25) is 0 Å². The molecule has 1 aromatic heterocycles. The molecule has 27 heavy (non-hydrogen) atoms. The summed E-state index contributed by atoms with van der Waals surface area (Å²) in [4.78, 5) is 17.2. The fraction of sp³-hybridized carbons (Fsp3) is 0. The molecule has 1 N–H and O–H groups in total. The van der Waals surface area contributed by atoms with Crippen molar-refractivity contribution in [3.63, 3.8) is 0 Å². The van der Waals surface area contributed by atoms with E-state index in [1.54, 1.807) is 6.08 Å². The van der Waals surface area contributed by atoms with Gasteiger partial charge in [-0.25, -0.2) is 4.99 Å². The molecule has 1 aliphatic heterocycles. The third kappa shape index (κ3) is 4.35. The number of furan rings is 1. The summed E-state index contributed by atoms with van der Waals surface area (Å²) in [6, 6.07) is 18.6. The lowest BCUT2D eigenvalue weighted by molar-refractivity contribution is -0.115. The van der Waals surface area contributed by atoms with Gasteiger partial charge < -0.3 is 9.73 Å². The molecule has 1 fully saturated rings. The Bertz CT molecular complexity index is 1070. The van der Waals surface area contributed by atoms with Crippen LogP contribution in [0.3, 0.4) is 0 Å². The predicted molar refractivity (Wildman–Crippen MR) is 114 cm³/mol. The molecule has 1 amide bonds. The van der Waals surface area contributed by atoms with Gasteiger partial charge in [0.05, 0.1) is 10.6 Å². The lowest BCUT2D eigenvalue weighted by atomic mass is 10.2. The molecule has 0 atom stereocenters. The Morgan fingerprint density at radius 1 is 1.11 bits per heavy atom. The number of amides is 1. The van der Waals surface area contributed by atoms with Crippen LogP contribution in [-0.4, -0.2) is 11.1 Å². The van der Waals surface area contributed by atoms with Crippen LogP contribution in [0.1, 0.15) is 5.76 Å². The normalized spacial score (nSPS) is 16.9. The molecule has 134 valence electrons. The van der Waals surface area contributed by atoms with E-state index >= 15 is 0 Å². The molecule has 1 aliphatic rings. The molecule has 4 rings (SSSR count). The van der Waals surface area contributed by atoms with Crippen molar-refractivity contribution in [3.8, 4) is 11.3 Å². The zero-order valence-electron chi connectivity index (χ0n) is 13.8. The van der Waals surface area contributed by atoms with Crippen molar-refractivity contribution in [2.24, 2.45) is 4.99 Å². The number of benzene rings is 2. The van der Waals surface area contributed by atoms with E-state index in [1.807, 2.05) is 60.7 Å². The first-order valence-electron chi connectivity index (χ1n) is 7.98. The third-order valence-electron chi connectivity index (χ3n) is 3.72. The largest absolute Gasteiger partial charge is 0.457 e. The van der Waals surface area contributed by atoms with Crippen molar-refractivity contribution in [2.75, 3.05) is 0 Å². The third-order valence-corrected chi connectivity index (χ3v) is 5.37. The molecule has 1 saturated heterocycles. The minimum atomic E-state index is -0.196. The SMILES string of the molecule is O=C1NC(=Nc2cccc(Br)c2)S/C1=C\c1ccc(-c2ccc(Cl)cc2)o1. The number of thioether (sulfide) groups is 1. The molecule has 0 aliphatic carbocycles. The highest BCUT2D eigenvalue weighted by Crippen LogP contribution is 2.30. The second kappa shape index (κ2) is 7.76. The Hall–Kier alpha value is -2.28. The van der Waals surface area contributed by atoms with E-state index in [2.05, 4.69) is 26.2 Å². The molecular formula is C20H12BrClN2O2S. The van der Waals surface area contributed by atoms with Crippen molar-refractivity contribution in [2.45, 2.75) is 0 Å². The van der Waals surface area contributed by atoms with Crippen molar-refractivity contribution < 1.29 is 9.21 Å². The molecule has 0 saturated carbocycles. The minimum absolute atomic E-state index is 0.196. The van der Waals surface area contributed by atoms with E-state index < -0.39 is 0 Å². The van der Waals surface area contributed by atoms with E-state index in [9.17, 15) is 4.79 Å². The lowest BCUT2D eigenvalue weighted by Crippen LogP contribution is -2.19. The summed E-state index contributed by atoms with van der Waals surface area (Å²) in [6.45, 7) is 0. The zero-order chi connectivity index (χ0) is 18.8. The molecule has 0 unspecified atom stereocenters. The van der Waals surface area contributed by atoms with Crippen LogP contribution >= 0.6 is 39.3 Å². The van der Waals surface area contributed by atoms with Gasteiger partial charge in [-0.05, 0) is 66.4 Å². The van der Waals surface area contributed by atoms with Crippen molar-refractivity contribution in [3.05, 3.63) is 80.8 Å².